The fourth-order valence-corrected chi connectivity index (χ4v) is 2.13. The van der Waals surface area contributed by atoms with Crippen LogP contribution in [0, 0.1) is 0 Å². The van der Waals surface area contributed by atoms with Crippen LogP contribution in [0.2, 0.25) is 5.15 Å². The molecule has 1 N–H and O–H groups in total. The fraction of sp³-hybridized carbons (Fsp3) is 0.600. The first-order valence-electron chi connectivity index (χ1n) is 5.43. The Morgan fingerprint density at radius 1 is 1.44 bits per heavy atom. The highest BCUT2D eigenvalue weighted by molar-refractivity contribution is 7.91. The van der Waals surface area contributed by atoms with Gasteiger partial charge in [-0.2, -0.15) is 0 Å². The van der Waals surface area contributed by atoms with Gasteiger partial charge in [0, 0.05) is 25.5 Å². The minimum atomic E-state index is -2.98. The molecule has 0 saturated heterocycles. The van der Waals surface area contributed by atoms with Crippen molar-refractivity contribution < 1.29 is 13.2 Å². The van der Waals surface area contributed by atoms with Crippen molar-refractivity contribution in [2.45, 2.75) is 13.5 Å². The Morgan fingerprint density at radius 3 is 2.78 bits per heavy atom. The molecular weight excluding hydrogens is 278 g/mol. The van der Waals surface area contributed by atoms with Crippen LogP contribution in [-0.2, 0) is 21.2 Å². The fourth-order valence-electron chi connectivity index (χ4n) is 1.23. The number of rotatable bonds is 7. The molecule has 0 fully saturated rings. The summed E-state index contributed by atoms with van der Waals surface area (Å²) in [4.78, 5) is 8.11. The highest BCUT2D eigenvalue weighted by Gasteiger charge is 2.08. The van der Waals surface area contributed by atoms with Gasteiger partial charge in [-0.05, 0) is 0 Å². The number of aromatic nitrogens is 2. The van der Waals surface area contributed by atoms with Crippen molar-refractivity contribution in [3.63, 3.8) is 0 Å². The molecule has 0 bridgehead atoms. The van der Waals surface area contributed by atoms with Crippen molar-refractivity contribution in [2.75, 3.05) is 30.5 Å². The predicted molar refractivity (Wildman–Crippen MR) is 70.6 cm³/mol. The third-order valence-electron chi connectivity index (χ3n) is 2.17. The maximum Gasteiger partial charge on any atom is 0.158 e. The summed E-state index contributed by atoms with van der Waals surface area (Å²) < 4.78 is 27.5. The van der Waals surface area contributed by atoms with E-state index >= 15 is 0 Å². The van der Waals surface area contributed by atoms with E-state index in [1.54, 1.807) is 13.0 Å². The van der Waals surface area contributed by atoms with E-state index in [-0.39, 0.29) is 29.8 Å². The third kappa shape index (κ3) is 5.16. The van der Waals surface area contributed by atoms with Crippen LogP contribution in [0.1, 0.15) is 12.7 Å². The lowest BCUT2D eigenvalue weighted by molar-refractivity contribution is 0.178. The van der Waals surface area contributed by atoms with Gasteiger partial charge in [-0.25, -0.2) is 18.4 Å². The molecule has 0 aliphatic carbocycles. The second kappa shape index (κ2) is 6.86. The van der Waals surface area contributed by atoms with E-state index in [0.717, 1.165) is 0 Å². The predicted octanol–water partition coefficient (Wildman–Crippen LogP) is 1.12. The summed E-state index contributed by atoms with van der Waals surface area (Å²) in [6, 6.07) is 1.54. The Labute approximate surface area is 112 Å². The van der Waals surface area contributed by atoms with Crippen LogP contribution in [0.4, 0.5) is 5.82 Å². The SMILES string of the molecule is CCS(=O)(=O)CCNc1cc(Cl)nc(COC)n1. The van der Waals surface area contributed by atoms with E-state index in [1.807, 2.05) is 0 Å². The van der Waals surface area contributed by atoms with Gasteiger partial charge in [0.2, 0.25) is 0 Å². The first-order chi connectivity index (χ1) is 8.46. The minimum absolute atomic E-state index is 0.0603. The summed E-state index contributed by atoms with van der Waals surface area (Å²) in [5.74, 6) is 1.14. The molecule has 1 aromatic rings. The zero-order valence-corrected chi connectivity index (χ0v) is 11.9. The number of halogens is 1. The summed E-state index contributed by atoms with van der Waals surface area (Å²) in [5, 5.41) is 3.19. The number of methoxy groups -OCH3 is 1. The van der Waals surface area contributed by atoms with Crippen molar-refractivity contribution in [1.29, 1.82) is 0 Å². The number of hydrogen-bond donors (Lipinski definition) is 1. The molecule has 0 atom stereocenters. The highest BCUT2D eigenvalue weighted by atomic mass is 35.5. The lowest BCUT2D eigenvalue weighted by atomic mass is 10.5. The minimum Gasteiger partial charge on any atom is -0.377 e. The molecule has 102 valence electrons. The lowest BCUT2D eigenvalue weighted by Crippen LogP contribution is -2.18. The maximum absolute atomic E-state index is 11.3. The highest BCUT2D eigenvalue weighted by Crippen LogP contribution is 2.11. The van der Waals surface area contributed by atoms with Gasteiger partial charge < -0.3 is 10.1 Å². The molecule has 8 heteroatoms. The Morgan fingerprint density at radius 2 is 2.17 bits per heavy atom. The van der Waals surface area contributed by atoms with Crippen LogP contribution in [0.15, 0.2) is 6.07 Å². The monoisotopic (exact) mass is 293 g/mol. The van der Waals surface area contributed by atoms with Crippen molar-refractivity contribution in [2.24, 2.45) is 0 Å². The molecule has 0 amide bonds. The summed E-state index contributed by atoms with van der Waals surface area (Å²) in [5.41, 5.74) is 0. The molecule has 0 aromatic carbocycles. The molecular formula is C10H16ClN3O3S. The first-order valence-corrected chi connectivity index (χ1v) is 7.63. The van der Waals surface area contributed by atoms with E-state index in [4.69, 9.17) is 16.3 Å². The van der Waals surface area contributed by atoms with Gasteiger partial charge in [-0.3, -0.25) is 0 Å². The van der Waals surface area contributed by atoms with Crippen molar-refractivity contribution in [1.82, 2.24) is 9.97 Å². The van der Waals surface area contributed by atoms with Crippen LogP contribution in [-0.4, -0.2) is 43.5 Å². The van der Waals surface area contributed by atoms with Gasteiger partial charge in [0.05, 0.1) is 5.75 Å². The molecule has 0 aliphatic rings. The molecule has 1 heterocycles. The molecule has 18 heavy (non-hydrogen) atoms. The summed E-state index contributed by atoms with van der Waals surface area (Å²) >= 11 is 5.82. The first kappa shape index (κ1) is 15.1. The third-order valence-corrected chi connectivity index (χ3v) is 4.07. The largest absolute Gasteiger partial charge is 0.377 e. The van der Waals surface area contributed by atoms with Crippen LogP contribution in [0.25, 0.3) is 0 Å². The number of nitrogens with one attached hydrogen (secondary N) is 1. The molecule has 1 aromatic heterocycles. The molecule has 1 rings (SSSR count). The van der Waals surface area contributed by atoms with Gasteiger partial charge >= 0.3 is 0 Å². The number of sulfone groups is 1. The van der Waals surface area contributed by atoms with Crippen LogP contribution in [0.5, 0.6) is 0 Å². The molecule has 0 unspecified atom stereocenters. The van der Waals surface area contributed by atoms with Gasteiger partial charge in [-0.1, -0.05) is 18.5 Å². The topological polar surface area (TPSA) is 81.2 Å². The van der Waals surface area contributed by atoms with Gasteiger partial charge in [-0.15, -0.1) is 0 Å². The summed E-state index contributed by atoms with van der Waals surface area (Å²) in [7, 11) is -1.45. The van der Waals surface area contributed by atoms with E-state index < -0.39 is 9.84 Å². The van der Waals surface area contributed by atoms with E-state index in [0.29, 0.717) is 11.6 Å². The Bertz CT molecular complexity index is 493. The van der Waals surface area contributed by atoms with Gasteiger partial charge in [0.1, 0.15) is 17.6 Å². The van der Waals surface area contributed by atoms with Gasteiger partial charge in [0.25, 0.3) is 0 Å². The van der Waals surface area contributed by atoms with Crippen LogP contribution >= 0.6 is 11.6 Å². The molecule has 0 saturated carbocycles. The quantitative estimate of drug-likeness (QED) is 0.759. The maximum atomic E-state index is 11.3. The zero-order valence-electron chi connectivity index (χ0n) is 10.3. The summed E-state index contributed by atoms with van der Waals surface area (Å²) in [6.07, 6.45) is 0. The normalized spacial score (nSPS) is 11.5. The molecule has 6 nitrogen and oxygen atoms in total. The number of anilines is 1. The van der Waals surface area contributed by atoms with Crippen LogP contribution in [0.3, 0.4) is 0 Å². The zero-order chi connectivity index (χ0) is 13.6. The second-order valence-electron chi connectivity index (χ2n) is 3.59. The Balaban J connectivity index is 2.62. The van der Waals surface area contributed by atoms with Crippen molar-refractivity contribution in [3.8, 4) is 0 Å². The Kier molecular flexibility index (Phi) is 5.77. The van der Waals surface area contributed by atoms with Crippen LogP contribution < -0.4 is 5.32 Å². The van der Waals surface area contributed by atoms with Crippen molar-refractivity contribution in [3.05, 3.63) is 17.0 Å². The summed E-state index contributed by atoms with van der Waals surface area (Å²) in [6.45, 7) is 2.16. The smallest absolute Gasteiger partial charge is 0.158 e. The standard InChI is InChI=1S/C10H16ClN3O3S/c1-3-18(15,16)5-4-12-9-6-8(11)13-10(14-9)7-17-2/h6H,3-5,7H2,1-2H3,(H,12,13,14). The number of ether oxygens (including phenoxy) is 1. The molecule has 0 radical (unpaired) electrons. The number of nitrogens with zero attached hydrogens (tertiary/aromatic N) is 2. The van der Waals surface area contributed by atoms with E-state index in [9.17, 15) is 8.42 Å². The van der Waals surface area contributed by atoms with Gasteiger partial charge in [0.15, 0.2) is 15.7 Å². The number of hydrogen-bond acceptors (Lipinski definition) is 6. The Hall–Kier alpha value is -0.920. The second-order valence-corrected chi connectivity index (χ2v) is 6.45. The van der Waals surface area contributed by atoms with Crippen molar-refractivity contribution >= 4 is 27.3 Å². The average Bonchev–Trinajstić information content (AvgIpc) is 2.28. The average molecular weight is 294 g/mol. The molecule has 0 spiro atoms. The van der Waals surface area contributed by atoms with E-state index in [2.05, 4.69) is 15.3 Å². The van der Waals surface area contributed by atoms with E-state index in [1.165, 1.54) is 7.11 Å². The molecule has 0 aliphatic heterocycles. The lowest BCUT2D eigenvalue weighted by Gasteiger charge is -2.07.